The van der Waals surface area contributed by atoms with Gasteiger partial charge in [0, 0.05) is 17.0 Å². The Morgan fingerprint density at radius 1 is 1.23 bits per heavy atom. The first kappa shape index (κ1) is 9.65. The van der Waals surface area contributed by atoms with Crippen molar-refractivity contribution in [2.24, 2.45) is 5.92 Å². The van der Waals surface area contributed by atoms with Crippen molar-refractivity contribution in [2.45, 2.75) is 13.8 Å². The summed E-state index contributed by atoms with van der Waals surface area (Å²) in [6, 6.07) is 6.51. The second-order valence-electron chi connectivity index (χ2n) is 3.20. The maximum atomic E-state index is 11.4. The van der Waals surface area contributed by atoms with E-state index < -0.39 is 0 Å². The molecule has 0 atom stereocenters. The Morgan fingerprint density at radius 2 is 1.77 bits per heavy atom. The van der Waals surface area contributed by atoms with Crippen molar-refractivity contribution in [3.05, 3.63) is 35.4 Å². The fourth-order valence-electron chi connectivity index (χ4n) is 1.04. The van der Waals surface area contributed by atoms with Gasteiger partial charge in [-0.25, -0.2) is 0 Å². The lowest BCUT2D eigenvalue weighted by molar-refractivity contribution is 0.0939. The Kier molecular flexibility index (Phi) is 2.96. The topological polar surface area (TPSA) is 34.1 Å². The van der Waals surface area contributed by atoms with Crippen LogP contribution in [0.1, 0.15) is 29.8 Å². The van der Waals surface area contributed by atoms with E-state index in [-0.39, 0.29) is 11.7 Å². The van der Waals surface area contributed by atoms with E-state index in [9.17, 15) is 9.59 Å². The van der Waals surface area contributed by atoms with E-state index >= 15 is 0 Å². The molecule has 2 heteroatoms. The van der Waals surface area contributed by atoms with Crippen molar-refractivity contribution in [3.63, 3.8) is 0 Å². The largest absolute Gasteiger partial charge is 0.294 e. The number of carbonyl (C=O) groups is 1. The van der Waals surface area contributed by atoms with Gasteiger partial charge in [0.15, 0.2) is 5.78 Å². The highest BCUT2D eigenvalue weighted by Crippen LogP contribution is 2.08. The molecular formula is C11H11O2. The van der Waals surface area contributed by atoms with Gasteiger partial charge < -0.3 is 0 Å². The molecule has 0 spiro atoms. The van der Waals surface area contributed by atoms with E-state index in [0.29, 0.717) is 11.1 Å². The molecule has 2 nitrogen and oxygen atoms in total. The highest BCUT2D eigenvalue weighted by molar-refractivity contribution is 5.97. The standard InChI is InChI=1S/C11H11O2/c1-8(2)11(13)10-5-3-9(7-12)4-6-10/h3-6,8H,1-2H3. The van der Waals surface area contributed by atoms with Gasteiger partial charge in [-0.05, 0) is 0 Å². The predicted octanol–water partition coefficient (Wildman–Crippen LogP) is 1.98. The van der Waals surface area contributed by atoms with Crippen LogP contribution in [0.3, 0.4) is 0 Å². The first-order valence-electron chi connectivity index (χ1n) is 4.17. The molecule has 0 saturated heterocycles. The lowest BCUT2D eigenvalue weighted by Crippen LogP contribution is -2.07. The lowest BCUT2D eigenvalue weighted by Gasteiger charge is -2.02. The van der Waals surface area contributed by atoms with Crippen LogP contribution in [0.2, 0.25) is 0 Å². The van der Waals surface area contributed by atoms with Crippen LogP contribution in [0, 0.1) is 5.92 Å². The number of hydrogen-bond acceptors (Lipinski definition) is 2. The summed E-state index contributed by atoms with van der Waals surface area (Å²) >= 11 is 0. The fraction of sp³-hybridized carbons (Fsp3) is 0.273. The molecule has 0 N–H and O–H groups in total. The van der Waals surface area contributed by atoms with Gasteiger partial charge in [0.25, 0.3) is 0 Å². The molecule has 0 heterocycles. The molecule has 13 heavy (non-hydrogen) atoms. The molecule has 0 aromatic heterocycles. The molecule has 0 saturated carbocycles. The van der Waals surface area contributed by atoms with Crippen molar-refractivity contribution in [1.29, 1.82) is 0 Å². The molecule has 0 bridgehead atoms. The SMILES string of the molecule is CC(C)C(=O)c1ccc([C]=O)cc1. The van der Waals surface area contributed by atoms with Crippen LogP contribution in [-0.4, -0.2) is 12.1 Å². The van der Waals surface area contributed by atoms with E-state index in [4.69, 9.17) is 0 Å². The number of Topliss-reactive ketones (excluding diaryl/α,β-unsaturated/α-hetero) is 1. The average Bonchev–Trinajstić information content (AvgIpc) is 2.17. The van der Waals surface area contributed by atoms with Crippen molar-refractivity contribution in [2.75, 3.05) is 0 Å². The van der Waals surface area contributed by atoms with E-state index in [1.807, 2.05) is 13.8 Å². The van der Waals surface area contributed by atoms with Crippen LogP contribution < -0.4 is 0 Å². The number of hydrogen-bond donors (Lipinski definition) is 0. The molecule has 67 valence electrons. The molecule has 0 aliphatic rings. The zero-order valence-electron chi connectivity index (χ0n) is 7.70. The zero-order chi connectivity index (χ0) is 9.84. The van der Waals surface area contributed by atoms with E-state index in [2.05, 4.69) is 0 Å². The summed E-state index contributed by atoms with van der Waals surface area (Å²) in [7, 11) is 0. The van der Waals surface area contributed by atoms with E-state index in [0.717, 1.165) is 0 Å². The molecule has 1 aromatic rings. The fourth-order valence-corrected chi connectivity index (χ4v) is 1.04. The molecule has 1 aromatic carbocycles. The monoisotopic (exact) mass is 175 g/mol. The van der Waals surface area contributed by atoms with Gasteiger partial charge in [-0.2, -0.15) is 0 Å². The van der Waals surface area contributed by atoms with Crippen molar-refractivity contribution < 1.29 is 9.59 Å². The Morgan fingerprint density at radius 3 is 2.15 bits per heavy atom. The summed E-state index contributed by atoms with van der Waals surface area (Å²) in [4.78, 5) is 21.7. The van der Waals surface area contributed by atoms with Gasteiger partial charge >= 0.3 is 0 Å². The number of benzene rings is 1. The van der Waals surface area contributed by atoms with Gasteiger partial charge in [-0.3, -0.25) is 9.59 Å². The van der Waals surface area contributed by atoms with Crippen LogP contribution in [0.5, 0.6) is 0 Å². The molecular weight excluding hydrogens is 164 g/mol. The normalized spacial score (nSPS) is 10.1. The summed E-state index contributed by atoms with van der Waals surface area (Å²) in [5.74, 6) is 0.0866. The maximum absolute atomic E-state index is 11.4. The molecule has 0 aliphatic heterocycles. The summed E-state index contributed by atoms with van der Waals surface area (Å²) in [5.41, 5.74) is 1.12. The molecule has 0 aliphatic carbocycles. The number of ketones is 1. The van der Waals surface area contributed by atoms with Crippen LogP contribution in [0.25, 0.3) is 0 Å². The Labute approximate surface area is 77.6 Å². The van der Waals surface area contributed by atoms with Crippen molar-refractivity contribution in [1.82, 2.24) is 0 Å². The second-order valence-corrected chi connectivity index (χ2v) is 3.20. The van der Waals surface area contributed by atoms with Gasteiger partial charge in [0.2, 0.25) is 6.29 Å². The molecule has 1 rings (SSSR count). The highest BCUT2D eigenvalue weighted by atomic mass is 16.1. The lowest BCUT2D eigenvalue weighted by atomic mass is 10.0. The van der Waals surface area contributed by atoms with E-state index in [1.54, 1.807) is 30.6 Å². The molecule has 0 unspecified atom stereocenters. The van der Waals surface area contributed by atoms with Gasteiger partial charge in [-0.15, -0.1) is 0 Å². The third-order valence-electron chi connectivity index (χ3n) is 1.81. The zero-order valence-corrected chi connectivity index (χ0v) is 7.70. The molecule has 1 radical (unpaired) electrons. The number of rotatable bonds is 3. The first-order chi connectivity index (χ1) is 6.15. The summed E-state index contributed by atoms with van der Waals surface area (Å²) in [5, 5.41) is 0. The maximum Gasteiger partial charge on any atom is 0.233 e. The van der Waals surface area contributed by atoms with Crippen LogP contribution in [0.4, 0.5) is 0 Å². The molecule has 0 fully saturated rings. The summed E-state index contributed by atoms with van der Waals surface area (Å²) < 4.78 is 0. The minimum absolute atomic E-state index is 0.00828. The van der Waals surface area contributed by atoms with Crippen molar-refractivity contribution >= 4 is 12.1 Å². The molecule has 0 amide bonds. The van der Waals surface area contributed by atoms with Gasteiger partial charge in [-0.1, -0.05) is 38.1 Å². The average molecular weight is 175 g/mol. The van der Waals surface area contributed by atoms with Crippen LogP contribution >= 0.6 is 0 Å². The van der Waals surface area contributed by atoms with Crippen LogP contribution in [0.15, 0.2) is 24.3 Å². The minimum atomic E-state index is -0.00828. The summed E-state index contributed by atoms with van der Waals surface area (Å²) in [6.07, 6.45) is 1.76. The third-order valence-corrected chi connectivity index (χ3v) is 1.81. The minimum Gasteiger partial charge on any atom is -0.294 e. The predicted molar refractivity (Wildman–Crippen MR) is 50.4 cm³/mol. The quantitative estimate of drug-likeness (QED) is 0.658. The van der Waals surface area contributed by atoms with Crippen LogP contribution in [-0.2, 0) is 4.79 Å². The Bertz CT molecular complexity index is 309. The second kappa shape index (κ2) is 3.99. The highest BCUT2D eigenvalue weighted by Gasteiger charge is 2.09. The Balaban J connectivity index is 2.92. The van der Waals surface area contributed by atoms with Crippen molar-refractivity contribution in [3.8, 4) is 0 Å². The third kappa shape index (κ3) is 2.25. The number of carbonyl (C=O) groups excluding carboxylic acids is 2. The summed E-state index contributed by atoms with van der Waals surface area (Å²) in [6.45, 7) is 3.70. The first-order valence-corrected chi connectivity index (χ1v) is 4.17. The van der Waals surface area contributed by atoms with Gasteiger partial charge in [0.05, 0.1) is 0 Å². The van der Waals surface area contributed by atoms with E-state index in [1.165, 1.54) is 0 Å². The smallest absolute Gasteiger partial charge is 0.233 e. The van der Waals surface area contributed by atoms with Gasteiger partial charge in [0.1, 0.15) is 0 Å². The Hall–Kier alpha value is -1.44.